The molecule has 128 valence electrons. The molecule has 0 amide bonds. The third-order valence-corrected chi connectivity index (χ3v) is 3.62. The van der Waals surface area contributed by atoms with Crippen LogP contribution in [0.4, 0.5) is 0 Å². The van der Waals surface area contributed by atoms with Gasteiger partial charge in [0, 0.05) is 0 Å². The molecule has 0 aromatic heterocycles. The lowest BCUT2D eigenvalue weighted by atomic mass is 10.0. The maximum Gasteiger partial charge on any atom is 0.349 e. The number of phenols is 2. The summed E-state index contributed by atoms with van der Waals surface area (Å²) in [4.78, 5) is 12.4. The van der Waals surface area contributed by atoms with Gasteiger partial charge in [0.15, 0.2) is 11.5 Å². The Morgan fingerprint density at radius 2 is 1.92 bits per heavy atom. The van der Waals surface area contributed by atoms with Crippen molar-refractivity contribution < 1.29 is 19.7 Å². The number of carbonyl (C=O) groups is 1. The van der Waals surface area contributed by atoms with Crippen LogP contribution in [0.25, 0.3) is 6.08 Å². The van der Waals surface area contributed by atoms with Crippen molar-refractivity contribution in [3.63, 3.8) is 0 Å². The summed E-state index contributed by atoms with van der Waals surface area (Å²) in [5.41, 5.74) is 1.11. The Bertz CT molecular complexity index is 806. The fourth-order valence-electron chi connectivity index (χ4n) is 2.35. The quantitative estimate of drug-likeness (QED) is 0.358. The van der Waals surface area contributed by atoms with Crippen LogP contribution < -0.4 is 0 Å². The fourth-order valence-corrected chi connectivity index (χ4v) is 2.35. The molecule has 0 fully saturated rings. The lowest BCUT2D eigenvalue weighted by Crippen LogP contribution is -2.13. The molecule has 5 nitrogen and oxygen atoms in total. The van der Waals surface area contributed by atoms with E-state index in [2.05, 4.69) is 0 Å². The van der Waals surface area contributed by atoms with Crippen LogP contribution >= 0.6 is 0 Å². The minimum absolute atomic E-state index is 0.179. The molecule has 0 saturated carbocycles. The molecule has 2 N–H and O–H groups in total. The fraction of sp³-hybridized carbons (Fsp3) is 0.200. The Morgan fingerprint density at radius 1 is 1.20 bits per heavy atom. The van der Waals surface area contributed by atoms with Crippen molar-refractivity contribution in [2.24, 2.45) is 0 Å². The monoisotopic (exact) mass is 337 g/mol. The van der Waals surface area contributed by atoms with E-state index in [1.165, 1.54) is 24.3 Å². The van der Waals surface area contributed by atoms with Crippen LogP contribution in [0.2, 0.25) is 0 Å². The average molecular weight is 337 g/mol. The van der Waals surface area contributed by atoms with Gasteiger partial charge in [0.2, 0.25) is 0 Å². The van der Waals surface area contributed by atoms with Crippen LogP contribution in [0.5, 0.6) is 11.5 Å². The second-order valence-electron chi connectivity index (χ2n) is 5.51. The highest BCUT2D eigenvalue weighted by molar-refractivity contribution is 5.98. The van der Waals surface area contributed by atoms with E-state index in [1.54, 1.807) is 0 Å². The van der Waals surface area contributed by atoms with Crippen LogP contribution in [-0.2, 0) is 9.53 Å². The maximum atomic E-state index is 12.4. The van der Waals surface area contributed by atoms with Gasteiger partial charge in [0.05, 0.1) is 0 Å². The first-order chi connectivity index (χ1) is 12.0. The van der Waals surface area contributed by atoms with E-state index in [9.17, 15) is 20.3 Å². The highest BCUT2D eigenvalue weighted by Crippen LogP contribution is 2.27. The Labute approximate surface area is 146 Å². The summed E-state index contributed by atoms with van der Waals surface area (Å²) in [5.74, 6) is -1.32. The first-order valence-corrected chi connectivity index (χ1v) is 7.94. The molecule has 0 saturated heterocycles. The minimum Gasteiger partial charge on any atom is -0.504 e. The van der Waals surface area contributed by atoms with Crippen molar-refractivity contribution in [3.8, 4) is 17.6 Å². The topological polar surface area (TPSA) is 90.6 Å². The number of rotatable bonds is 6. The van der Waals surface area contributed by atoms with Gasteiger partial charge in [-0.2, -0.15) is 5.26 Å². The molecule has 0 aliphatic carbocycles. The number of benzene rings is 2. The SMILES string of the molecule is CCC[C@@H](OC(=O)/C(C#N)=C/c1ccc(O)c(O)c1)c1ccccc1. The molecule has 0 aliphatic rings. The van der Waals surface area contributed by atoms with Gasteiger partial charge in [-0.05, 0) is 35.8 Å². The summed E-state index contributed by atoms with van der Waals surface area (Å²) in [7, 11) is 0. The van der Waals surface area contributed by atoms with Gasteiger partial charge >= 0.3 is 5.97 Å². The number of hydrogen-bond acceptors (Lipinski definition) is 5. The van der Waals surface area contributed by atoms with Crippen LogP contribution in [0, 0.1) is 11.3 Å². The standard InChI is InChI=1S/C20H19NO4/c1-2-6-19(15-7-4-3-5-8-15)25-20(24)16(13-21)11-14-9-10-17(22)18(23)12-14/h3-5,7-12,19,22-23H,2,6H2,1H3/b16-11+/t19-/m1/s1. The summed E-state index contributed by atoms with van der Waals surface area (Å²) in [5, 5.41) is 28.1. The normalized spacial score (nSPS) is 12.2. The molecule has 0 bridgehead atoms. The molecular weight excluding hydrogens is 318 g/mol. The van der Waals surface area contributed by atoms with E-state index in [-0.39, 0.29) is 17.1 Å². The zero-order valence-corrected chi connectivity index (χ0v) is 13.8. The van der Waals surface area contributed by atoms with E-state index in [1.807, 2.05) is 43.3 Å². The summed E-state index contributed by atoms with van der Waals surface area (Å²) in [6.07, 6.45) is 2.36. The van der Waals surface area contributed by atoms with E-state index in [0.717, 1.165) is 12.0 Å². The summed E-state index contributed by atoms with van der Waals surface area (Å²) in [6.45, 7) is 1.99. The summed E-state index contributed by atoms with van der Waals surface area (Å²) >= 11 is 0. The third kappa shape index (κ3) is 4.85. The molecule has 0 radical (unpaired) electrons. The van der Waals surface area contributed by atoms with Crippen LogP contribution in [0.15, 0.2) is 54.1 Å². The molecule has 0 aliphatic heterocycles. The zero-order valence-electron chi connectivity index (χ0n) is 13.8. The first-order valence-electron chi connectivity index (χ1n) is 7.94. The average Bonchev–Trinajstić information content (AvgIpc) is 2.62. The van der Waals surface area contributed by atoms with Crippen molar-refractivity contribution in [1.82, 2.24) is 0 Å². The lowest BCUT2D eigenvalue weighted by Gasteiger charge is -2.17. The molecule has 0 heterocycles. The highest BCUT2D eigenvalue weighted by atomic mass is 16.5. The molecule has 1 atom stereocenters. The maximum absolute atomic E-state index is 12.4. The Balaban J connectivity index is 2.22. The smallest absolute Gasteiger partial charge is 0.349 e. The van der Waals surface area contributed by atoms with E-state index in [4.69, 9.17) is 4.74 Å². The zero-order chi connectivity index (χ0) is 18.2. The van der Waals surface area contributed by atoms with E-state index in [0.29, 0.717) is 12.0 Å². The second-order valence-corrected chi connectivity index (χ2v) is 5.51. The van der Waals surface area contributed by atoms with E-state index < -0.39 is 12.1 Å². The van der Waals surface area contributed by atoms with Crippen molar-refractivity contribution in [1.29, 1.82) is 5.26 Å². The van der Waals surface area contributed by atoms with Gasteiger partial charge in [-0.1, -0.05) is 49.7 Å². The number of nitrogens with zero attached hydrogens (tertiary/aromatic N) is 1. The van der Waals surface area contributed by atoms with Crippen LogP contribution in [-0.4, -0.2) is 16.2 Å². The largest absolute Gasteiger partial charge is 0.504 e. The Kier molecular flexibility index (Phi) is 6.19. The predicted molar refractivity (Wildman–Crippen MR) is 93.5 cm³/mol. The van der Waals surface area contributed by atoms with Gasteiger partial charge in [-0.25, -0.2) is 4.79 Å². The van der Waals surface area contributed by atoms with Crippen LogP contribution in [0.3, 0.4) is 0 Å². The minimum atomic E-state index is -0.725. The van der Waals surface area contributed by atoms with Crippen molar-refractivity contribution in [2.75, 3.05) is 0 Å². The number of phenolic OH excluding ortho intramolecular Hbond substituents is 2. The first kappa shape index (κ1) is 18.1. The highest BCUT2D eigenvalue weighted by Gasteiger charge is 2.19. The van der Waals surface area contributed by atoms with E-state index >= 15 is 0 Å². The molecular formula is C20H19NO4. The number of aromatic hydroxyl groups is 2. The number of hydrogen-bond donors (Lipinski definition) is 2. The van der Waals surface area contributed by atoms with Gasteiger partial charge in [-0.3, -0.25) is 0 Å². The number of nitriles is 1. The molecule has 25 heavy (non-hydrogen) atoms. The Morgan fingerprint density at radius 3 is 2.52 bits per heavy atom. The molecule has 5 heteroatoms. The molecule has 0 unspecified atom stereocenters. The number of carbonyl (C=O) groups excluding carboxylic acids is 1. The van der Waals surface area contributed by atoms with Crippen molar-refractivity contribution in [3.05, 3.63) is 65.2 Å². The molecule has 2 rings (SSSR count). The lowest BCUT2D eigenvalue weighted by molar-refractivity contribution is -0.144. The predicted octanol–water partition coefficient (Wildman–Crippen LogP) is 4.09. The number of esters is 1. The van der Waals surface area contributed by atoms with Crippen molar-refractivity contribution >= 4 is 12.0 Å². The molecule has 2 aromatic rings. The van der Waals surface area contributed by atoms with Gasteiger partial charge < -0.3 is 14.9 Å². The van der Waals surface area contributed by atoms with Gasteiger partial charge in [-0.15, -0.1) is 0 Å². The van der Waals surface area contributed by atoms with Gasteiger partial charge in [0.25, 0.3) is 0 Å². The van der Waals surface area contributed by atoms with Crippen LogP contribution in [0.1, 0.15) is 37.0 Å². The van der Waals surface area contributed by atoms with Crippen molar-refractivity contribution in [2.45, 2.75) is 25.9 Å². The third-order valence-electron chi connectivity index (χ3n) is 3.62. The van der Waals surface area contributed by atoms with Gasteiger partial charge in [0.1, 0.15) is 17.7 Å². The second kappa shape index (κ2) is 8.55. The molecule has 0 spiro atoms. The number of ether oxygens (including phenoxy) is 1. The summed E-state index contributed by atoms with van der Waals surface area (Å²) < 4.78 is 5.51. The molecule has 2 aromatic carbocycles. The Hall–Kier alpha value is -3.26. The summed E-state index contributed by atoms with van der Waals surface area (Å²) in [6, 6.07) is 15.2.